The first-order valence-corrected chi connectivity index (χ1v) is 10.3. The third-order valence-corrected chi connectivity index (χ3v) is 5.60. The van der Waals surface area contributed by atoms with Gasteiger partial charge in [0.1, 0.15) is 11.9 Å². The summed E-state index contributed by atoms with van der Waals surface area (Å²) in [6.07, 6.45) is 2.97. The highest BCUT2D eigenvalue weighted by atomic mass is 19.1. The molecule has 0 aliphatic heterocycles. The molecule has 0 unspecified atom stereocenters. The first-order valence-electron chi connectivity index (χ1n) is 10.3. The first kappa shape index (κ1) is 22.4. The van der Waals surface area contributed by atoms with Crippen LogP contribution in [0.2, 0.25) is 0 Å². The highest BCUT2D eigenvalue weighted by Crippen LogP contribution is 2.35. The minimum Gasteiger partial charge on any atom is -0.487 e. The highest BCUT2D eigenvalue weighted by Gasteiger charge is 2.38. The maximum Gasteiger partial charge on any atom is 0.249 e. The molecule has 1 N–H and O–H groups in total. The quantitative estimate of drug-likeness (QED) is 0.452. The van der Waals surface area contributed by atoms with Crippen LogP contribution in [0, 0.1) is 35.8 Å². The van der Waals surface area contributed by atoms with Crippen molar-refractivity contribution in [2.24, 2.45) is 13.0 Å². The Morgan fingerprint density at radius 3 is 2.73 bits per heavy atom. The van der Waals surface area contributed by atoms with E-state index in [0.717, 1.165) is 29.6 Å². The van der Waals surface area contributed by atoms with E-state index in [4.69, 9.17) is 10.00 Å². The molecule has 1 fully saturated rings. The number of hydrogen-bond acceptors (Lipinski definition) is 6. The van der Waals surface area contributed by atoms with Crippen LogP contribution in [0.4, 0.5) is 8.78 Å². The molecule has 33 heavy (non-hydrogen) atoms. The summed E-state index contributed by atoms with van der Waals surface area (Å²) in [4.78, 5) is 16.6. The van der Waals surface area contributed by atoms with Crippen LogP contribution in [0.5, 0.6) is 5.75 Å². The smallest absolute Gasteiger partial charge is 0.249 e. The number of nitrogens with zero attached hydrogens (tertiary/aromatic N) is 5. The Labute approximate surface area is 188 Å². The fourth-order valence-electron chi connectivity index (χ4n) is 3.87. The molecule has 3 aromatic rings. The number of carbonyl (C=O) groups is 1. The summed E-state index contributed by atoms with van der Waals surface area (Å²) in [7, 11) is 1.77. The lowest BCUT2D eigenvalue weighted by Gasteiger charge is -2.35. The average Bonchev–Trinajstić information content (AvgIpc) is 3.08. The van der Waals surface area contributed by atoms with Crippen molar-refractivity contribution in [2.75, 3.05) is 0 Å². The molecule has 1 aromatic carbocycles. The molecule has 1 aliphatic rings. The van der Waals surface area contributed by atoms with Crippen molar-refractivity contribution in [3.05, 3.63) is 65.0 Å². The molecule has 8 nitrogen and oxygen atoms in total. The monoisotopic (exact) mass is 453 g/mol. The predicted octanol–water partition coefficient (Wildman–Crippen LogP) is 3.52. The van der Waals surface area contributed by atoms with E-state index in [9.17, 15) is 18.8 Å². The fourth-order valence-corrected chi connectivity index (χ4v) is 3.87. The van der Waals surface area contributed by atoms with Crippen LogP contribution < -0.4 is 4.74 Å². The first-order chi connectivity index (χ1) is 15.7. The van der Waals surface area contributed by atoms with Gasteiger partial charge in [0.05, 0.1) is 42.0 Å². The Bertz CT molecular complexity index is 1230. The second kappa shape index (κ2) is 8.96. The number of hydrogen-bond donors (Lipinski definition) is 1. The summed E-state index contributed by atoms with van der Waals surface area (Å²) in [6.45, 7) is 1.63. The number of rotatable bonds is 6. The van der Waals surface area contributed by atoms with Gasteiger partial charge < -0.3 is 4.74 Å². The molecule has 2 aromatic heterocycles. The van der Waals surface area contributed by atoms with Crippen molar-refractivity contribution >= 4 is 5.91 Å². The third-order valence-electron chi connectivity index (χ3n) is 5.60. The summed E-state index contributed by atoms with van der Waals surface area (Å²) >= 11 is 0. The second-order valence-corrected chi connectivity index (χ2v) is 8.06. The van der Waals surface area contributed by atoms with E-state index in [1.165, 1.54) is 12.1 Å². The van der Waals surface area contributed by atoms with Gasteiger partial charge in [-0.2, -0.15) is 10.4 Å². The lowest BCUT2D eigenvalue weighted by Crippen LogP contribution is -2.44. The third kappa shape index (κ3) is 4.68. The van der Waals surface area contributed by atoms with Gasteiger partial charge in [-0.25, -0.2) is 13.8 Å². The van der Waals surface area contributed by atoms with Gasteiger partial charge in [-0.3, -0.25) is 19.7 Å². The zero-order valence-electron chi connectivity index (χ0n) is 18.0. The van der Waals surface area contributed by atoms with Gasteiger partial charge >= 0.3 is 0 Å². The molecule has 2 heterocycles. The molecule has 1 amide bonds. The molecule has 0 saturated heterocycles. The topological polar surface area (TPSA) is 104 Å². The largest absolute Gasteiger partial charge is 0.487 e. The lowest BCUT2D eigenvalue weighted by molar-refractivity contribution is -0.178. The minimum absolute atomic E-state index is 0.0288. The molecule has 0 radical (unpaired) electrons. The normalized spacial score (nSPS) is 17.2. The zero-order valence-corrected chi connectivity index (χ0v) is 18.0. The van der Waals surface area contributed by atoms with E-state index in [2.05, 4.69) is 10.1 Å². The maximum absolute atomic E-state index is 14.3. The standard InChI is InChI=1S/C23H21F2N5O3/c1-13-10-28-29(2)22(13)20-8-21(19(25)11-27-20)33-18-6-16(7-18)23(31)30(32)12-15-3-14(9-26)4-17(24)5-15/h3-5,8,10-11,16,18,32H,6-7,12H2,1-2H3. The summed E-state index contributed by atoms with van der Waals surface area (Å²) in [5.41, 5.74) is 2.55. The van der Waals surface area contributed by atoms with Crippen LogP contribution in [-0.4, -0.2) is 37.0 Å². The zero-order chi connectivity index (χ0) is 23.7. The number of nitriles is 1. The molecule has 1 saturated carbocycles. The molecular formula is C23H21F2N5O3. The Hall–Kier alpha value is -3.84. The second-order valence-electron chi connectivity index (χ2n) is 8.06. The van der Waals surface area contributed by atoms with Gasteiger partial charge in [0.25, 0.3) is 0 Å². The number of aryl methyl sites for hydroxylation is 2. The molecular weight excluding hydrogens is 432 g/mol. The summed E-state index contributed by atoms with van der Waals surface area (Å²) < 4.78 is 35.2. The Morgan fingerprint density at radius 2 is 2.06 bits per heavy atom. The van der Waals surface area contributed by atoms with Gasteiger partial charge in [0.2, 0.25) is 5.91 Å². The van der Waals surface area contributed by atoms with Crippen LogP contribution in [0.25, 0.3) is 11.4 Å². The Morgan fingerprint density at radius 1 is 1.30 bits per heavy atom. The van der Waals surface area contributed by atoms with Crippen molar-refractivity contribution in [3.63, 3.8) is 0 Å². The van der Waals surface area contributed by atoms with Crippen molar-refractivity contribution in [3.8, 4) is 23.2 Å². The van der Waals surface area contributed by atoms with E-state index < -0.39 is 29.6 Å². The minimum atomic E-state index is -0.623. The molecule has 0 spiro atoms. The van der Waals surface area contributed by atoms with Crippen LogP contribution in [-0.2, 0) is 18.4 Å². The number of ether oxygens (including phenoxy) is 1. The average molecular weight is 453 g/mol. The van der Waals surface area contributed by atoms with E-state index in [1.54, 1.807) is 17.9 Å². The molecule has 0 atom stereocenters. The number of carbonyl (C=O) groups excluding carboxylic acids is 1. The van der Waals surface area contributed by atoms with E-state index in [0.29, 0.717) is 29.2 Å². The van der Waals surface area contributed by atoms with Crippen molar-refractivity contribution < 1.29 is 23.5 Å². The molecule has 1 aliphatic carbocycles. The molecule has 170 valence electrons. The van der Waals surface area contributed by atoms with Gasteiger partial charge in [0, 0.05) is 19.0 Å². The van der Waals surface area contributed by atoms with Gasteiger partial charge in [-0.05, 0) is 49.1 Å². The number of benzene rings is 1. The van der Waals surface area contributed by atoms with E-state index >= 15 is 0 Å². The predicted molar refractivity (Wildman–Crippen MR) is 112 cm³/mol. The molecule has 4 rings (SSSR count). The SMILES string of the molecule is Cc1cnn(C)c1-c1cc(OC2CC(C(=O)N(O)Cc3cc(F)cc(C#N)c3)C2)c(F)cn1. The summed E-state index contributed by atoms with van der Waals surface area (Å²) in [6, 6.07) is 6.95. The van der Waals surface area contributed by atoms with E-state index in [-0.39, 0.29) is 17.9 Å². The van der Waals surface area contributed by atoms with E-state index in [1.807, 2.05) is 13.0 Å². The lowest BCUT2D eigenvalue weighted by atomic mass is 9.81. The summed E-state index contributed by atoms with van der Waals surface area (Å²) in [5.74, 6) is -2.26. The molecule has 0 bridgehead atoms. The van der Waals surface area contributed by atoms with Gasteiger partial charge in [0.15, 0.2) is 11.6 Å². The van der Waals surface area contributed by atoms with Gasteiger partial charge in [-0.1, -0.05) is 0 Å². The number of amides is 1. The van der Waals surface area contributed by atoms with Crippen molar-refractivity contribution in [1.29, 1.82) is 5.26 Å². The number of halogens is 2. The molecule has 10 heteroatoms. The number of pyridine rings is 1. The number of hydroxylamine groups is 2. The van der Waals surface area contributed by atoms with Crippen LogP contribution in [0.3, 0.4) is 0 Å². The van der Waals surface area contributed by atoms with Crippen LogP contribution in [0.15, 0.2) is 36.7 Å². The van der Waals surface area contributed by atoms with Gasteiger partial charge in [-0.15, -0.1) is 0 Å². The highest BCUT2D eigenvalue weighted by molar-refractivity contribution is 5.78. The van der Waals surface area contributed by atoms with Crippen LogP contribution in [0.1, 0.15) is 29.5 Å². The fraction of sp³-hybridized carbons (Fsp3) is 0.304. The number of aromatic nitrogens is 3. The van der Waals surface area contributed by atoms with Crippen LogP contribution >= 0.6 is 0 Å². The Balaban J connectivity index is 1.37. The van der Waals surface area contributed by atoms with Crippen molar-refractivity contribution in [2.45, 2.75) is 32.4 Å². The van der Waals surface area contributed by atoms with Crippen molar-refractivity contribution in [1.82, 2.24) is 19.8 Å². The maximum atomic E-state index is 14.3. The summed E-state index contributed by atoms with van der Waals surface area (Å²) in [5, 5.41) is 23.7. The Kier molecular flexibility index (Phi) is 6.07.